The monoisotopic (exact) mass is 523 g/mol. The van der Waals surface area contributed by atoms with Crippen molar-refractivity contribution in [2.75, 3.05) is 0 Å². The summed E-state index contributed by atoms with van der Waals surface area (Å²) in [5, 5.41) is 11.8. The van der Waals surface area contributed by atoms with Crippen LogP contribution in [0, 0.1) is 0 Å². The molecule has 41 heavy (non-hydrogen) atoms. The molecule has 0 bridgehead atoms. The van der Waals surface area contributed by atoms with Crippen LogP contribution in [0.15, 0.2) is 136 Å². The lowest BCUT2D eigenvalue weighted by molar-refractivity contribution is 0.668. The topological polar surface area (TPSA) is 31.2 Å². The minimum atomic E-state index is 0.876. The average Bonchev–Trinajstić information content (AvgIpc) is 3.70. The van der Waals surface area contributed by atoms with Crippen molar-refractivity contribution in [1.29, 1.82) is 0 Å². The van der Waals surface area contributed by atoms with E-state index in [1.54, 1.807) is 0 Å². The number of benzene rings is 7. The van der Waals surface area contributed by atoms with Crippen molar-refractivity contribution in [3.63, 3.8) is 0 Å². The Bertz CT molecular complexity index is 2700. The Hall–Kier alpha value is -5.54. The van der Waals surface area contributed by atoms with Crippen LogP contribution in [0.4, 0.5) is 0 Å². The molecule has 0 radical (unpaired) electrons. The fourth-order valence-corrected chi connectivity index (χ4v) is 7.05. The van der Waals surface area contributed by atoms with E-state index in [1.165, 1.54) is 37.8 Å². The number of hydrogen-bond acceptors (Lipinski definition) is 2. The average molecular weight is 524 g/mol. The zero-order valence-electron chi connectivity index (χ0n) is 21.9. The third kappa shape index (κ3) is 2.68. The van der Waals surface area contributed by atoms with Gasteiger partial charge in [0.2, 0.25) is 0 Å². The summed E-state index contributed by atoms with van der Waals surface area (Å²) in [4.78, 5) is 0. The van der Waals surface area contributed by atoms with Crippen LogP contribution >= 0.6 is 0 Å². The molecule has 0 unspecified atom stereocenters. The Morgan fingerprint density at radius 2 is 1.00 bits per heavy atom. The van der Waals surface area contributed by atoms with Crippen LogP contribution in [0.2, 0.25) is 0 Å². The number of aromatic nitrogens is 1. The Morgan fingerprint density at radius 1 is 0.390 bits per heavy atom. The molecule has 0 amide bonds. The van der Waals surface area contributed by atoms with Gasteiger partial charge in [-0.15, -0.1) is 0 Å². The minimum absolute atomic E-state index is 0.876. The predicted octanol–water partition coefficient (Wildman–Crippen LogP) is 10.9. The van der Waals surface area contributed by atoms with Gasteiger partial charge in [0.15, 0.2) is 5.58 Å². The van der Waals surface area contributed by atoms with E-state index in [0.717, 1.165) is 55.1 Å². The second-order valence-electron chi connectivity index (χ2n) is 10.9. The highest BCUT2D eigenvalue weighted by atomic mass is 16.3. The quantitative estimate of drug-likeness (QED) is 0.214. The molecule has 0 saturated carbocycles. The Labute approximate surface area is 233 Å². The zero-order chi connectivity index (χ0) is 26.7. The SMILES string of the molecule is c1ccc2c(c1)ccc1c3c4ccccc4c4c5ccccc5oc4c3n(-c3ccc4c(c3)oc3ccccc34)c21. The summed E-state index contributed by atoms with van der Waals surface area (Å²) >= 11 is 0. The van der Waals surface area contributed by atoms with Crippen LogP contribution < -0.4 is 0 Å². The van der Waals surface area contributed by atoms with Crippen molar-refractivity contribution in [2.24, 2.45) is 0 Å². The summed E-state index contributed by atoms with van der Waals surface area (Å²) in [6.07, 6.45) is 0. The van der Waals surface area contributed by atoms with E-state index in [4.69, 9.17) is 8.83 Å². The van der Waals surface area contributed by atoms with Crippen molar-refractivity contribution in [2.45, 2.75) is 0 Å². The molecule has 10 rings (SSSR count). The largest absolute Gasteiger partial charge is 0.456 e. The van der Waals surface area contributed by atoms with Crippen molar-refractivity contribution in [3.8, 4) is 5.69 Å². The summed E-state index contributed by atoms with van der Waals surface area (Å²) in [7, 11) is 0. The highest BCUT2D eigenvalue weighted by Gasteiger charge is 2.24. The van der Waals surface area contributed by atoms with Crippen molar-refractivity contribution in [1.82, 2.24) is 4.57 Å². The lowest BCUT2D eigenvalue weighted by atomic mass is 9.98. The van der Waals surface area contributed by atoms with E-state index in [2.05, 4.69) is 114 Å². The number of furan rings is 2. The molecule has 3 heteroatoms. The van der Waals surface area contributed by atoms with Gasteiger partial charge in [0.25, 0.3) is 0 Å². The number of rotatable bonds is 1. The van der Waals surface area contributed by atoms with Crippen molar-refractivity contribution in [3.05, 3.63) is 127 Å². The van der Waals surface area contributed by atoms with Crippen LogP contribution in [-0.4, -0.2) is 4.57 Å². The van der Waals surface area contributed by atoms with Gasteiger partial charge in [-0.05, 0) is 40.4 Å². The highest BCUT2D eigenvalue weighted by Crippen LogP contribution is 2.47. The molecule has 7 aromatic carbocycles. The predicted molar refractivity (Wildman–Crippen MR) is 170 cm³/mol. The van der Waals surface area contributed by atoms with Crippen molar-refractivity contribution >= 4 is 87.2 Å². The molecule has 0 fully saturated rings. The summed E-state index contributed by atoms with van der Waals surface area (Å²) < 4.78 is 15.5. The van der Waals surface area contributed by atoms with Gasteiger partial charge in [-0.3, -0.25) is 0 Å². The number of fused-ring (bicyclic) bond motifs is 15. The molecule has 0 aliphatic carbocycles. The first kappa shape index (κ1) is 21.3. The molecule has 10 aromatic rings. The molecule has 0 saturated heterocycles. The van der Waals surface area contributed by atoms with E-state index in [0.29, 0.717) is 0 Å². The van der Waals surface area contributed by atoms with Crippen molar-refractivity contribution < 1.29 is 8.83 Å². The number of hydrogen-bond donors (Lipinski definition) is 0. The van der Waals surface area contributed by atoms with Gasteiger partial charge >= 0.3 is 0 Å². The van der Waals surface area contributed by atoms with Gasteiger partial charge in [0.05, 0.1) is 16.7 Å². The van der Waals surface area contributed by atoms with Gasteiger partial charge in [0, 0.05) is 43.8 Å². The Morgan fingerprint density at radius 3 is 1.83 bits per heavy atom. The normalized spacial score (nSPS) is 12.4. The van der Waals surface area contributed by atoms with E-state index in [-0.39, 0.29) is 0 Å². The van der Waals surface area contributed by atoms with E-state index < -0.39 is 0 Å². The lowest BCUT2D eigenvalue weighted by Gasteiger charge is -2.11. The van der Waals surface area contributed by atoms with Crippen LogP contribution in [0.3, 0.4) is 0 Å². The fourth-order valence-electron chi connectivity index (χ4n) is 7.05. The van der Waals surface area contributed by atoms with E-state index in [1.807, 2.05) is 18.2 Å². The van der Waals surface area contributed by atoms with E-state index >= 15 is 0 Å². The summed E-state index contributed by atoms with van der Waals surface area (Å²) in [5.41, 5.74) is 6.88. The first-order valence-electron chi connectivity index (χ1n) is 13.9. The first-order chi connectivity index (χ1) is 20.3. The third-order valence-corrected chi connectivity index (χ3v) is 8.75. The molecular weight excluding hydrogens is 502 g/mol. The molecule has 0 N–H and O–H groups in total. The lowest BCUT2D eigenvalue weighted by Crippen LogP contribution is -1.95. The summed E-state index contributed by atoms with van der Waals surface area (Å²) in [5.74, 6) is 0. The summed E-state index contributed by atoms with van der Waals surface area (Å²) in [6.45, 7) is 0. The van der Waals surface area contributed by atoms with Crippen LogP contribution in [-0.2, 0) is 0 Å². The first-order valence-corrected chi connectivity index (χ1v) is 13.9. The standard InChI is InChI=1S/C38H21NO2/c1-2-10-24-22(9-1)17-19-30-34-27-12-3-4-13-28(27)35-29-14-6-8-16-32(29)41-38(35)37(34)39(36(24)30)23-18-20-26-25-11-5-7-15-31(25)40-33(26)21-23/h1-21H. The van der Waals surface area contributed by atoms with Crippen LogP contribution in [0.1, 0.15) is 0 Å². The van der Waals surface area contributed by atoms with Crippen LogP contribution in [0.25, 0.3) is 92.9 Å². The molecule has 190 valence electrons. The zero-order valence-corrected chi connectivity index (χ0v) is 21.9. The Balaban J connectivity index is 1.50. The smallest absolute Gasteiger partial charge is 0.160 e. The van der Waals surface area contributed by atoms with Gasteiger partial charge < -0.3 is 13.4 Å². The summed E-state index contributed by atoms with van der Waals surface area (Å²) in [6, 6.07) is 45.1. The molecule has 3 nitrogen and oxygen atoms in total. The molecule has 3 aromatic heterocycles. The molecular formula is C38H21NO2. The second kappa shape index (κ2) is 7.56. The highest BCUT2D eigenvalue weighted by molar-refractivity contribution is 6.36. The molecule has 0 atom stereocenters. The molecule has 0 spiro atoms. The molecule has 0 aliphatic rings. The Kier molecular flexibility index (Phi) is 3.93. The van der Waals surface area contributed by atoms with Gasteiger partial charge in [0.1, 0.15) is 16.7 Å². The number of para-hydroxylation sites is 2. The van der Waals surface area contributed by atoms with Gasteiger partial charge in [-0.25, -0.2) is 0 Å². The molecule has 0 aliphatic heterocycles. The van der Waals surface area contributed by atoms with Gasteiger partial charge in [-0.2, -0.15) is 0 Å². The number of nitrogens with zero attached hydrogens (tertiary/aromatic N) is 1. The fraction of sp³-hybridized carbons (Fsp3) is 0. The van der Waals surface area contributed by atoms with Crippen LogP contribution in [0.5, 0.6) is 0 Å². The maximum absolute atomic E-state index is 6.77. The second-order valence-corrected chi connectivity index (χ2v) is 10.9. The third-order valence-electron chi connectivity index (χ3n) is 8.75. The maximum Gasteiger partial charge on any atom is 0.160 e. The minimum Gasteiger partial charge on any atom is -0.456 e. The molecule has 3 heterocycles. The van der Waals surface area contributed by atoms with E-state index in [9.17, 15) is 0 Å². The van der Waals surface area contributed by atoms with Gasteiger partial charge in [-0.1, -0.05) is 97.1 Å². The maximum atomic E-state index is 6.77.